The first kappa shape index (κ1) is 15.9. The summed E-state index contributed by atoms with van der Waals surface area (Å²) in [5.74, 6) is 0. The molecule has 4 nitrogen and oxygen atoms in total. The van der Waals surface area contributed by atoms with Crippen molar-refractivity contribution in [1.29, 1.82) is 0 Å². The van der Waals surface area contributed by atoms with Gasteiger partial charge in [-0.15, -0.1) is 0 Å². The van der Waals surface area contributed by atoms with Crippen LogP contribution in [0.3, 0.4) is 0 Å². The molecule has 0 radical (unpaired) electrons. The molecule has 2 unspecified atom stereocenters. The average Bonchev–Trinajstić information content (AvgIpc) is 3.11. The Morgan fingerprint density at radius 2 is 1.71 bits per heavy atom. The number of hydrogen-bond acceptors (Lipinski definition) is 1. The van der Waals surface area contributed by atoms with Crippen molar-refractivity contribution in [3.63, 3.8) is 0 Å². The number of nitrogens with zero attached hydrogens (tertiary/aromatic N) is 1. The summed E-state index contributed by atoms with van der Waals surface area (Å²) in [7, 11) is 0. The van der Waals surface area contributed by atoms with Gasteiger partial charge in [0.1, 0.15) is 6.54 Å². The summed E-state index contributed by atoms with van der Waals surface area (Å²) in [4.78, 5) is 16.2. The minimum absolute atomic E-state index is 0.182. The van der Waals surface area contributed by atoms with Gasteiger partial charge in [0.15, 0.2) is 0 Å². The minimum Gasteiger partial charge on any atom is -0.335 e. The Hall–Kier alpha value is -1.55. The fourth-order valence-electron chi connectivity index (χ4n) is 5.06. The Labute approximate surface area is 145 Å². The Kier molecular flexibility index (Phi) is 4.74. The van der Waals surface area contributed by atoms with Gasteiger partial charge in [0.05, 0.1) is 12.1 Å². The van der Waals surface area contributed by atoms with E-state index in [9.17, 15) is 4.79 Å². The van der Waals surface area contributed by atoms with Crippen LogP contribution in [-0.2, 0) is 6.54 Å². The van der Waals surface area contributed by atoms with Crippen LogP contribution < -0.4 is 10.2 Å². The zero-order valence-electron chi connectivity index (χ0n) is 14.5. The molecule has 3 aliphatic heterocycles. The standard InChI is InChI=1S/C20H29N3O/c24-20(22-11-4-5-12-22)21-17-13-18-9-6-10-19(14-17)23(18)15-16-7-2-1-3-8-16/h1-3,7-8,17-19H,4-6,9-15H2,(H,21,24)/p+1/t17?,18-,19+. The lowest BCUT2D eigenvalue weighted by Gasteiger charge is -2.46. The molecule has 3 heterocycles. The highest BCUT2D eigenvalue weighted by atomic mass is 16.2. The van der Waals surface area contributed by atoms with Crippen molar-refractivity contribution in [2.45, 2.75) is 69.6 Å². The Morgan fingerprint density at radius 3 is 2.38 bits per heavy atom. The zero-order chi connectivity index (χ0) is 16.4. The Bertz CT molecular complexity index is 541. The molecular formula is C20H30N3O+. The van der Waals surface area contributed by atoms with E-state index in [-0.39, 0.29) is 6.03 Å². The number of carbonyl (C=O) groups excluding carboxylic acids is 1. The van der Waals surface area contributed by atoms with Gasteiger partial charge in [-0.1, -0.05) is 30.3 Å². The van der Waals surface area contributed by atoms with Gasteiger partial charge in [-0.05, 0) is 32.1 Å². The number of likely N-dealkylation sites (tertiary alicyclic amines) is 1. The lowest BCUT2D eigenvalue weighted by atomic mass is 9.81. The summed E-state index contributed by atoms with van der Waals surface area (Å²) in [5.41, 5.74) is 1.45. The maximum atomic E-state index is 12.4. The largest absolute Gasteiger partial charge is 0.335 e. The molecule has 0 aliphatic carbocycles. The topological polar surface area (TPSA) is 36.8 Å². The molecule has 0 spiro atoms. The minimum atomic E-state index is 0.182. The number of rotatable bonds is 3. The van der Waals surface area contributed by atoms with Gasteiger partial charge in [-0.3, -0.25) is 0 Å². The second-order valence-electron chi connectivity index (χ2n) is 7.87. The number of quaternary nitrogens is 1. The molecule has 0 aromatic heterocycles. The van der Waals surface area contributed by atoms with Crippen LogP contribution in [0.1, 0.15) is 50.5 Å². The molecule has 1 aromatic carbocycles. The van der Waals surface area contributed by atoms with E-state index in [2.05, 4.69) is 35.6 Å². The molecule has 1 aromatic rings. The predicted octanol–water partition coefficient (Wildman–Crippen LogP) is 1.96. The van der Waals surface area contributed by atoms with E-state index >= 15 is 0 Å². The molecule has 24 heavy (non-hydrogen) atoms. The highest BCUT2D eigenvalue weighted by molar-refractivity contribution is 5.74. The summed E-state index contributed by atoms with van der Waals surface area (Å²) in [5, 5.41) is 3.35. The summed E-state index contributed by atoms with van der Waals surface area (Å²) < 4.78 is 0. The molecule has 2 amide bonds. The molecule has 3 aliphatic rings. The van der Waals surface area contributed by atoms with Crippen molar-refractivity contribution in [3.8, 4) is 0 Å². The molecule has 0 saturated carbocycles. The highest BCUT2D eigenvalue weighted by Crippen LogP contribution is 2.23. The third-order valence-corrected chi connectivity index (χ3v) is 6.26. The first-order valence-electron chi connectivity index (χ1n) is 9.74. The van der Waals surface area contributed by atoms with Gasteiger partial charge < -0.3 is 15.1 Å². The lowest BCUT2D eigenvalue weighted by molar-refractivity contribution is -0.973. The number of fused-ring (bicyclic) bond motifs is 2. The van der Waals surface area contributed by atoms with Crippen LogP contribution in [0.15, 0.2) is 30.3 Å². The summed E-state index contributed by atoms with van der Waals surface area (Å²) in [6.07, 6.45) is 8.62. The SMILES string of the molecule is O=C(NC1C[C@H]2CCC[C@@H](C1)[NH+]2Cc1ccccc1)N1CCCC1. The lowest BCUT2D eigenvalue weighted by Crippen LogP contribution is -3.20. The summed E-state index contributed by atoms with van der Waals surface area (Å²) in [6.45, 7) is 3.02. The van der Waals surface area contributed by atoms with E-state index in [0.717, 1.165) is 32.5 Å². The number of piperidine rings is 2. The van der Waals surface area contributed by atoms with Crippen LogP contribution in [0.4, 0.5) is 4.79 Å². The van der Waals surface area contributed by atoms with Crippen molar-refractivity contribution >= 4 is 6.03 Å². The molecule has 3 saturated heterocycles. The third kappa shape index (κ3) is 3.44. The van der Waals surface area contributed by atoms with E-state index in [1.165, 1.54) is 37.7 Å². The molecule has 4 atom stereocenters. The van der Waals surface area contributed by atoms with Crippen LogP contribution in [0.2, 0.25) is 0 Å². The smallest absolute Gasteiger partial charge is 0.317 e. The molecule has 3 fully saturated rings. The van der Waals surface area contributed by atoms with Crippen molar-refractivity contribution in [3.05, 3.63) is 35.9 Å². The zero-order valence-corrected chi connectivity index (χ0v) is 14.5. The van der Waals surface area contributed by atoms with Crippen molar-refractivity contribution in [1.82, 2.24) is 10.2 Å². The van der Waals surface area contributed by atoms with Crippen LogP contribution in [0.25, 0.3) is 0 Å². The Balaban J connectivity index is 1.38. The molecule has 130 valence electrons. The van der Waals surface area contributed by atoms with Crippen LogP contribution in [-0.4, -0.2) is 42.1 Å². The van der Waals surface area contributed by atoms with Crippen molar-refractivity contribution < 1.29 is 9.69 Å². The van der Waals surface area contributed by atoms with E-state index in [1.54, 1.807) is 4.90 Å². The maximum absolute atomic E-state index is 12.4. The number of benzene rings is 1. The molecular weight excluding hydrogens is 298 g/mol. The number of nitrogens with one attached hydrogen (secondary N) is 2. The highest BCUT2D eigenvalue weighted by Gasteiger charge is 2.42. The normalized spacial score (nSPS) is 32.6. The van der Waals surface area contributed by atoms with Gasteiger partial charge in [-0.25, -0.2) is 4.79 Å². The van der Waals surface area contributed by atoms with E-state index in [4.69, 9.17) is 0 Å². The van der Waals surface area contributed by atoms with Crippen LogP contribution in [0, 0.1) is 0 Å². The monoisotopic (exact) mass is 328 g/mol. The predicted molar refractivity (Wildman–Crippen MR) is 94.9 cm³/mol. The van der Waals surface area contributed by atoms with Gasteiger partial charge >= 0.3 is 6.03 Å². The number of hydrogen-bond donors (Lipinski definition) is 2. The first-order chi connectivity index (χ1) is 11.8. The molecule has 4 rings (SSSR count). The number of carbonyl (C=O) groups is 1. The van der Waals surface area contributed by atoms with E-state index in [1.807, 2.05) is 4.90 Å². The summed E-state index contributed by atoms with van der Waals surface area (Å²) >= 11 is 0. The van der Waals surface area contributed by atoms with Gasteiger partial charge in [0, 0.05) is 37.5 Å². The van der Waals surface area contributed by atoms with Gasteiger partial charge in [0.2, 0.25) is 0 Å². The second-order valence-corrected chi connectivity index (χ2v) is 7.87. The molecule has 2 bridgehead atoms. The quantitative estimate of drug-likeness (QED) is 0.874. The van der Waals surface area contributed by atoms with E-state index in [0.29, 0.717) is 18.1 Å². The molecule has 2 N–H and O–H groups in total. The number of amides is 2. The maximum Gasteiger partial charge on any atom is 0.317 e. The Morgan fingerprint density at radius 1 is 1.04 bits per heavy atom. The van der Waals surface area contributed by atoms with Gasteiger partial charge in [0.25, 0.3) is 0 Å². The first-order valence-corrected chi connectivity index (χ1v) is 9.74. The fraction of sp³-hybridized carbons (Fsp3) is 0.650. The van der Waals surface area contributed by atoms with Crippen LogP contribution in [0.5, 0.6) is 0 Å². The fourth-order valence-corrected chi connectivity index (χ4v) is 5.06. The number of urea groups is 1. The molecule has 4 heteroatoms. The van der Waals surface area contributed by atoms with Crippen molar-refractivity contribution in [2.75, 3.05) is 13.1 Å². The summed E-state index contributed by atoms with van der Waals surface area (Å²) in [6, 6.07) is 12.9. The average molecular weight is 328 g/mol. The second kappa shape index (κ2) is 7.14. The van der Waals surface area contributed by atoms with Crippen LogP contribution >= 0.6 is 0 Å². The third-order valence-electron chi connectivity index (χ3n) is 6.26. The van der Waals surface area contributed by atoms with Crippen molar-refractivity contribution in [2.24, 2.45) is 0 Å². The van der Waals surface area contributed by atoms with E-state index < -0.39 is 0 Å². The van der Waals surface area contributed by atoms with Gasteiger partial charge in [-0.2, -0.15) is 0 Å².